The van der Waals surface area contributed by atoms with Crippen LogP contribution in [0.15, 0.2) is 97.6 Å². The van der Waals surface area contributed by atoms with E-state index in [1.807, 2.05) is 71.4 Å². The maximum absolute atomic E-state index is 12.9. The molecule has 0 atom stereocenters. The van der Waals surface area contributed by atoms with Gasteiger partial charge in [0.05, 0.1) is 29.7 Å². The zero-order chi connectivity index (χ0) is 23.2. The van der Waals surface area contributed by atoms with Crippen LogP contribution in [0, 0.1) is 0 Å². The number of nitrogens with zero attached hydrogens (tertiary/aromatic N) is 4. The molecule has 0 aliphatic rings. The molecule has 5 aromatic rings. The molecule has 8 heteroatoms. The number of rotatable bonds is 9. The minimum Gasteiger partial charge on any atom is -0.490 e. The van der Waals surface area contributed by atoms with E-state index in [4.69, 9.17) is 9.47 Å². The van der Waals surface area contributed by atoms with Crippen molar-refractivity contribution in [1.82, 2.24) is 19.2 Å². The number of para-hydroxylation sites is 2. The second-order valence-electron chi connectivity index (χ2n) is 7.59. The molecule has 5 rings (SSSR count). The Kier molecular flexibility index (Phi) is 6.20. The smallest absolute Gasteiger partial charge is 0.259 e. The van der Waals surface area contributed by atoms with Gasteiger partial charge in [0, 0.05) is 18.6 Å². The van der Waals surface area contributed by atoms with E-state index in [-0.39, 0.29) is 5.91 Å². The summed E-state index contributed by atoms with van der Waals surface area (Å²) in [5.41, 5.74) is 2.79. The fraction of sp³-hybridized carbons (Fsp3) is 0.115. The molecule has 0 saturated heterocycles. The first-order chi connectivity index (χ1) is 16.7. The molecule has 3 heterocycles. The summed E-state index contributed by atoms with van der Waals surface area (Å²) in [6.07, 6.45) is 7.31. The summed E-state index contributed by atoms with van der Waals surface area (Å²) >= 11 is 0. The zero-order valence-electron chi connectivity index (χ0n) is 18.4. The van der Waals surface area contributed by atoms with Crippen LogP contribution in [-0.4, -0.2) is 38.3 Å². The predicted octanol–water partition coefficient (Wildman–Crippen LogP) is 4.29. The van der Waals surface area contributed by atoms with Crippen LogP contribution < -0.4 is 14.8 Å². The average Bonchev–Trinajstić information content (AvgIpc) is 3.49. The number of anilines is 1. The molecular formula is C26H23N5O3. The van der Waals surface area contributed by atoms with Crippen molar-refractivity contribution in [3.63, 3.8) is 0 Å². The monoisotopic (exact) mass is 453 g/mol. The van der Waals surface area contributed by atoms with Gasteiger partial charge in [-0.05, 0) is 36.4 Å². The Morgan fingerprint density at radius 1 is 0.882 bits per heavy atom. The molecule has 0 bridgehead atoms. The van der Waals surface area contributed by atoms with Gasteiger partial charge in [-0.1, -0.05) is 36.4 Å². The molecule has 0 radical (unpaired) electrons. The van der Waals surface area contributed by atoms with Gasteiger partial charge in [0.25, 0.3) is 5.91 Å². The van der Waals surface area contributed by atoms with Gasteiger partial charge in [-0.15, -0.1) is 0 Å². The van der Waals surface area contributed by atoms with Crippen molar-refractivity contribution in [2.24, 2.45) is 0 Å². The normalized spacial score (nSPS) is 10.8. The zero-order valence-corrected chi connectivity index (χ0v) is 18.4. The number of ether oxygens (including phenoxy) is 2. The summed E-state index contributed by atoms with van der Waals surface area (Å²) in [5.74, 6) is 0.999. The molecule has 170 valence electrons. The third-order valence-electron chi connectivity index (χ3n) is 5.11. The molecule has 1 N–H and O–H groups in total. The number of carbonyl (C=O) groups is 1. The Morgan fingerprint density at radius 3 is 2.56 bits per heavy atom. The third-order valence-corrected chi connectivity index (χ3v) is 5.11. The second-order valence-corrected chi connectivity index (χ2v) is 7.59. The fourth-order valence-corrected chi connectivity index (χ4v) is 3.55. The molecule has 0 fully saturated rings. The summed E-state index contributed by atoms with van der Waals surface area (Å²) in [6, 6.07) is 22.5. The van der Waals surface area contributed by atoms with E-state index < -0.39 is 0 Å². The number of fused-ring (bicyclic) bond motifs is 1. The highest BCUT2D eigenvalue weighted by molar-refractivity contribution is 6.06. The van der Waals surface area contributed by atoms with E-state index in [9.17, 15) is 4.79 Å². The number of carbonyl (C=O) groups excluding carboxylic acids is 1. The SMILES string of the molecule is O=C(Nc1cnn(Cc2cn3ccccc3n2)c1)c1ccccc1OCCOc1ccccc1. The highest BCUT2D eigenvalue weighted by Crippen LogP contribution is 2.20. The standard InChI is InChI=1S/C26H23N5O3/c32-26(23-10-4-5-11-24(23)34-15-14-33-22-8-2-1-3-9-22)29-20-16-27-31(18-20)19-21-17-30-13-7-6-12-25(30)28-21/h1-13,16-18H,14-15,19H2,(H,29,32). The van der Waals surface area contributed by atoms with Gasteiger partial charge in [0.2, 0.25) is 0 Å². The van der Waals surface area contributed by atoms with Crippen LogP contribution in [-0.2, 0) is 6.54 Å². The first-order valence-corrected chi connectivity index (χ1v) is 10.9. The van der Waals surface area contributed by atoms with Crippen LogP contribution in [0.4, 0.5) is 5.69 Å². The molecule has 34 heavy (non-hydrogen) atoms. The highest BCUT2D eigenvalue weighted by Gasteiger charge is 2.14. The lowest BCUT2D eigenvalue weighted by Crippen LogP contribution is -2.15. The molecule has 0 aliphatic heterocycles. The van der Waals surface area contributed by atoms with Crippen molar-refractivity contribution < 1.29 is 14.3 Å². The number of nitrogens with one attached hydrogen (secondary N) is 1. The van der Waals surface area contributed by atoms with Gasteiger partial charge < -0.3 is 19.2 Å². The minimum atomic E-state index is -0.271. The van der Waals surface area contributed by atoms with E-state index in [0.717, 1.165) is 17.1 Å². The maximum Gasteiger partial charge on any atom is 0.259 e. The molecule has 0 saturated carbocycles. The summed E-state index contributed by atoms with van der Waals surface area (Å²) in [6.45, 7) is 1.19. The number of aromatic nitrogens is 4. The quantitative estimate of drug-likeness (QED) is 0.337. The lowest BCUT2D eigenvalue weighted by atomic mass is 10.2. The van der Waals surface area contributed by atoms with Crippen molar-refractivity contribution in [2.45, 2.75) is 6.54 Å². The van der Waals surface area contributed by atoms with Crippen LogP contribution in [0.1, 0.15) is 16.1 Å². The van der Waals surface area contributed by atoms with Crippen molar-refractivity contribution in [2.75, 3.05) is 18.5 Å². The highest BCUT2D eigenvalue weighted by atomic mass is 16.5. The Morgan fingerprint density at radius 2 is 1.68 bits per heavy atom. The van der Waals surface area contributed by atoms with Crippen LogP contribution in [0.5, 0.6) is 11.5 Å². The van der Waals surface area contributed by atoms with Crippen molar-refractivity contribution >= 4 is 17.2 Å². The third kappa shape index (κ3) is 5.07. The van der Waals surface area contributed by atoms with Gasteiger partial charge in [-0.25, -0.2) is 4.98 Å². The number of benzene rings is 2. The molecule has 8 nitrogen and oxygen atoms in total. The molecular weight excluding hydrogens is 430 g/mol. The molecule has 0 unspecified atom stereocenters. The Hall–Kier alpha value is -4.59. The van der Waals surface area contributed by atoms with Gasteiger partial charge >= 0.3 is 0 Å². The Balaban J connectivity index is 1.19. The Labute approximate surface area is 196 Å². The van der Waals surface area contributed by atoms with Crippen LogP contribution in [0.2, 0.25) is 0 Å². The summed E-state index contributed by atoms with van der Waals surface area (Å²) in [5, 5.41) is 7.23. The number of hydrogen-bond acceptors (Lipinski definition) is 5. The molecule has 3 aromatic heterocycles. The van der Waals surface area contributed by atoms with E-state index in [2.05, 4.69) is 15.4 Å². The lowest BCUT2D eigenvalue weighted by molar-refractivity contribution is 0.102. The number of pyridine rings is 1. The Bertz CT molecular complexity index is 1360. The van der Waals surface area contributed by atoms with Crippen LogP contribution in [0.25, 0.3) is 5.65 Å². The van der Waals surface area contributed by atoms with Gasteiger partial charge in [-0.2, -0.15) is 5.10 Å². The minimum absolute atomic E-state index is 0.271. The van der Waals surface area contributed by atoms with Gasteiger partial charge in [-0.3, -0.25) is 9.48 Å². The average molecular weight is 454 g/mol. The number of hydrogen-bond donors (Lipinski definition) is 1. The predicted molar refractivity (Wildman–Crippen MR) is 128 cm³/mol. The topological polar surface area (TPSA) is 82.7 Å². The molecule has 0 spiro atoms. The van der Waals surface area contributed by atoms with E-state index in [1.165, 1.54) is 0 Å². The molecule has 2 aromatic carbocycles. The van der Waals surface area contributed by atoms with E-state index >= 15 is 0 Å². The molecule has 0 aliphatic carbocycles. The second kappa shape index (κ2) is 9.91. The largest absolute Gasteiger partial charge is 0.490 e. The fourth-order valence-electron chi connectivity index (χ4n) is 3.55. The van der Waals surface area contributed by atoms with Crippen molar-refractivity contribution in [3.8, 4) is 11.5 Å². The number of amides is 1. The summed E-state index contributed by atoms with van der Waals surface area (Å²) in [7, 11) is 0. The maximum atomic E-state index is 12.9. The van der Waals surface area contributed by atoms with Crippen molar-refractivity contribution in [3.05, 3.63) is 109 Å². The van der Waals surface area contributed by atoms with E-state index in [0.29, 0.717) is 36.8 Å². The van der Waals surface area contributed by atoms with Crippen LogP contribution in [0.3, 0.4) is 0 Å². The molecule has 1 amide bonds. The lowest BCUT2D eigenvalue weighted by Gasteiger charge is -2.12. The summed E-state index contributed by atoms with van der Waals surface area (Å²) in [4.78, 5) is 17.5. The number of imidazole rings is 1. The van der Waals surface area contributed by atoms with Crippen molar-refractivity contribution in [1.29, 1.82) is 0 Å². The first kappa shape index (κ1) is 21.3. The van der Waals surface area contributed by atoms with Crippen LogP contribution >= 0.6 is 0 Å². The van der Waals surface area contributed by atoms with Gasteiger partial charge in [0.15, 0.2) is 0 Å². The van der Waals surface area contributed by atoms with Gasteiger partial charge in [0.1, 0.15) is 30.4 Å². The summed E-state index contributed by atoms with van der Waals surface area (Å²) < 4.78 is 15.2. The van der Waals surface area contributed by atoms with E-state index in [1.54, 1.807) is 35.3 Å². The first-order valence-electron chi connectivity index (χ1n) is 10.9.